The van der Waals surface area contributed by atoms with Gasteiger partial charge < -0.3 is 0 Å². The molecule has 0 saturated carbocycles. The summed E-state index contributed by atoms with van der Waals surface area (Å²) >= 11 is 0. The van der Waals surface area contributed by atoms with Crippen molar-refractivity contribution >= 4 is 12.3 Å². The lowest BCUT2D eigenvalue weighted by molar-refractivity contribution is 0.860. The summed E-state index contributed by atoms with van der Waals surface area (Å²) in [5, 5.41) is 4.36. The second kappa shape index (κ2) is 5.54. The molecule has 0 amide bonds. The van der Waals surface area contributed by atoms with Crippen molar-refractivity contribution in [3.8, 4) is 0 Å². The van der Waals surface area contributed by atoms with E-state index in [2.05, 4.69) is 38.0 Å². The van der Waals surface area contributed by atoms with Crippen LogP contribution in [0.3, 0.4) is 0 Å². The zero-order valence-electron chi connectivity index (χ0n) is 10.1. The second-order valence-corrected chi connectivity index (χ2v) is 3.88. The van der Waals surface area contributed by atoms with Gasteiger partial charge >= 0.3 is 0 Å². The lowest BCUT2D eigenvalue weighted by Gasteiger charge is -2.04. The second-order valence-electron chi connectivity index (χ2n) is 3.88. The van der Waals surface area contributed by atoms with Gasteiger partial charge in [-0.15, -0.1) is 0 Å². The van der Waals surface area contributed by atoms with Crippen molar-refractivity contribution in [2.24, 2.45) is 0 Å². The van der Waals surface area contributed by atoms with Crippen LogP contribution in [0, 0.1) is 0 Å². The maximum Gasteiger partial charge on any atom is 0.0692 e. The molecule has 0 spiro atoms. The number of hydrogen-bond donors (Lipinski definition) is 0. The minimum absolute atomic E-state index is 0.514. The highest BCUT2D eigenvalue weighted by atomic mass is 15.3. The van der Waals surface area contributed by atoms with Crippen LogP contribution < -0.4 is 0 Å². The smallest absolute Gasteiger partial charge is 0.0692 e. The molecule has 1 rings (SSSR count). The van der Waals surface area contributed by atoms with Gasteiger partial charge in [-0.25, -0.2) is 4.68 Å². The minimum Gasteiger partial charge on any atom is -0.241 e. The third kappa shape index (κ3) is 2.82. The van der Waals surface area contributed by atoms with Gasteiger partial charge in [0.2, 0.25) is 0 Å². The summed E-state index contributed by atoms with van der Waals surface area (Å²) in [5.74, 6) is 0.514. The molecule has 2 heteroatoms. The van der Waals surface area contributed by atoms with Crippen LogP contribution in [-0.2, 0) is 0 Å². The SMILES string of the molecule is C/C=C\n1ncc(C(C)C)c1/C=C\CC. The van der Waals surface area contributed by atoms with Crippen LogP contribution in [0.5, 0.6) is 0 Å². The summed E-state index contributed by atoms with van der Waals surface area (Å²) in [6.07, 6.45) is 11.3. The minimum atomic E-state index is 0.514. The topological polar surface area (TPSA) is 17.8 Å². The molecule has 0 radical (unpaired) electrons. The van der Waals surface area contributed by atoms with Crippen LogP contribution in [0.25, 0.3) is 12.3 Å². The molecule has 0 fully saturated rings. The van der Waals surface area contributed by atoms with Crippen LogP contribution in [0.2, 0.25) is 0 Å². The molecule has 1 heterocycles. The van der Waals surface area contributed by atoms with Gasteiger partial charge in [0.1, 0.15) is 0 Å². The van der Waals surface area contributed by atoms with Gasteiger partial charge in [-0.05, 0) is 25.3 Å². The maximum atomic E-state index is 4.36. The van der Waals surface area contributed by atoms with Gasteiger partial charge in [0.25, 0.3) is 0 Å². The van der Waals surface area contributed by atoms with Crippen molar-refractivity contribution in [1.82, 2.24) is 9.78 Å². The summed E-state index contributed by atoms with van der Waals surface area (Å²) in [7, 11) is 0. The molecule has 0 atom stereocenters. The normalized spacial score (nSPS) is 12.3. The molecule has 0 bridgehead atoms. The van der Waals surface area contributed by atoms with Crippen molar-refractivity contribution in [2.75, 3.05) is 0 Å². The van der Waals surface area contributed by atoms with Gasteiger partial charge in [-0.3, -0.25) is 0 Å². The molecule has 2 nitrogen and oxygen atoms in total. The van der Waals surface area contributed by atoms with Gasteiger partial charge in [-0.1, -0.05) is 32.9 Å². The molecule has 0 aliphatic carbocycles. The first-order valence-corrected chi connectivity index (χ1v) is 5.57. The number of allylic oxidation sites excluding steroid dienone is 2. The largest absolute Gasteiger partial charge is 0.241 e. The van der Waals surface area contributed by atoms with Crippen LogP contribution in [0.4, 0.5) is 0 Å². The van der Waals surface area contributed by atoms with Gasteiger partial charge in [-0.2, -0.15) is 5.10 Å². The van der Waals surface area contributed by atoms with Crippen molar-refractivity contribution in [1.29, 1.82) is 0 Å². The summed E-state index contributed by atoms with van der Waals surface area (Å²) < 4.78 is 1.93. The van der Waals surface area contributed by atoms with Crippen LogP contribution >= 0.6 is 0 Å². The van der Waals surface area contributed by atoms with E-state index >= 15 is 0 Å². The van der Waals surface area contributed by atoms with Crippen molar-refractivity contribution in [3.63, 3.8) is 0 Å². The highest BCUT2D eigenvalue weighted by Gasteiger charge is 2.09. The average molecular weight is 204 g/mol. The third-order valence-electron chi connectivity index (χ3n) is 2.29. The van der Waals surface area contributed by atoms with Crippen molar-refractivity contribution in [3.05, 3.63) is 29.6 Å². The number of rotatable bonds is 4. The predicted molar refractivity (Wildman–Crippen MR) is 66.6 cm³/mol. The van der Waals surface area contributed by atoms with E-state index in [4.69, 9.17) is 0 Å². The molecule has 15 heavy (non-hydrogen) atoms. The zero-order valence-corrected chi connectivity index (χ0v) is 10.1. The number of nitrogens with zero attached hydrogens (tertiary/aromatic N) is 2. The monoisotopic (exact) mass is 204 g/mol. The number of hydrogen-bond acceptors (Lipinski definition) is 1. The van der Waals surface area contributed by atoms with E-state index in [9.17, 15) is 0 Å². The van der Waals surface area contributed by atoms with Gasteiger partial charge in [0, 0.05) is 11.8 Å². The van der Waals surface area contributed by atoms with E-state index in [1.54, 1.807) is 0 Å². The van der Waals surface area contributed by atoms with Crippen LogP contribution in [0.1, 0.15) is 51.3 Å². The molecular weight excluding hydrogens is 184 g/mol. The molecule has 1 aromatic heterocycles. The summed E-state index contributed by atoms with van der Waals surface area (Å²) in [6, 6.07) is 0. The van der Waals surface area contributed by atoms with E-state index < -0.39 is 0 Å². The highest BCUT2D eigenvalue weighted by Crippen LogP contribution is 2.20. The fourth-order valence-electron chi connectivity index (χ4n) is 1.49. The lowest BCUT2D eigenvalue weighted by atomic mass is 10.0. The van der Waals surface area contributed by atoms with Crippen molar-refractivity contribution < 1.29 is 0 Å². The summed E-state index contributed by atoms with van der Waals surface area (Å²) in [6.45, 7) is 8.53. The van der Waals surface area contributed by atoms with Gasteiger partial charge in [0.05, 0.1) is 11.9 Å². The molecule has 0 aliphatic heterocycles. The first-order chi connectivity index (χ1) is 7.20. The molecule has 0 aromatic carbocycles. The van der Waals surface area contributed by atoms with E-state index in [1.807, 2.05) is 30.1 Å². The predicted octanol–water partition coefficient (Wildman–Crippen LogP) is 3.92. The maximum absolute atomic E-state index is 4.36. The Morgan fingerprint density at radius 1 is 1.47 bits per heavy atom. The average Bonchev–Trinajstić information content (AvgIpc) is 2.59. The molecular formula is C13H20N2. The molecule has 0 N–H and O–H groups in total. The summed E-state index contributed by atoms with van der Waals surface area (Å²) in [5.41, 5.74) is 2.50. The zero-order chi connectivity index (χ0) is 11.3. The summed E-state index contributed by atoms with van der Waals surface area (Å²) in [4.78, 5) is 0. The Balaban J connectivity index is 3.13. The van der Waals surface area contributed by atoms with E-state index in [-0.39, 0.29) is 0 Å². The van der Waals surface area contributed by atoms with Crippen LogP contribution in [-0.4, -0.2) is 9.78 Å². The molecule has 1 aromatic rings. The Labute approximate surface area is 92.3 Å². The molecule has 0 saturated heterocycles. The van der Waals surface area contributed by atoms with E-state index in [0.29, 0.717) is 5.92 Å². The van der Waals surface area contributed by atoms with E-state index in [1.165, 1.54) is 11.3 Å². The first kappa shape index (κ1) is 11.8. The van der Waals surface area contributed by atoms with E-state index in [0.717, 1.165) is 6.42 Å². The fraction of sp³-hybridized carbons (Fsp3) is 0.462. The fourth-order valence-corrected chi connectivity index (χ4v) is 1.49. The standard InChI is InChI=1S/C13H20N2/c1-5-7-8-13-12(11(3)4)10-14-15(13)9-6-2/h6-11H,5H2,1-4H3/b8-7-,9-6-. The Morgan fingerprint density at radius 3 is 2.73 bits per heavy atom. The Morgan fingerprint density at radius 2 is 2.20 bits per heavy atom. The Hall–Kier alpha value is -1.31. The van der Waals surface area contributed by atoms with Crippen molar-refractivity contribution in [2.45, 2.75) is 40.0 Å². The first-order valence-electron chi connectivity index (χ1n) is 5.57. The Bertz CT molecular complexity index is 357. The number of aromatic nitrogens is 2. The third-order valence-corrected chi connectivity index (χ3v) is 2.29. The van der Waals surface area contributed by atoms with Crippen LogP contribution in [0.15, 0.2) is 18.3 Å². The van der Waals surface area contributed by atoms with Gasteiger partial charge in [0.15, 0.2) is 0 Å². The quantitative estimate of drug-likeness (QED) is 0.726. The molecule has 0 unspecified atom stereocenters. The Kier molecular flexibility index (Phi) is 4.35. The highest BCUT2D eigenvalue weighted by molar-refractivity contribution is 5.53. The lowest BCUT2D eigenvalue weighted by Crippen LogP contribution is -1.94. The molecule has 0 aliphatic rings. The molecule has 82 valence electrons.